The second kappa shape index (κ2) is 11.4. The summed E-state index contributed by atoms with van der Waals surface area (Å²) >= 11 is 1.60. The van der Waals surface area contributed by atoms with Crippen LogP contribution >= 0.6 is 11.5 Å². The summed E-state index contributed by atoms with van der Waals surface area (Å²) in [6.07, 6.45) is 1.77. The molecule has 1 unspecified atom stereocenters. The van der Waals surface area contributed by atoms with Crippen molar-refractivity contribution in [3.8, 4) is 0 Å². The monoisotopic (exact) mass is 586 g/mol. The lowest BCUT2D eigenvalue weighted by atomic mass is 9.75. The Morgan fingerprint density at radius 3 is 2.27 bits per heavy atom. The first-order valence-electron chi connectivity index (χ1n) is 13.7. The van der Waals surface area contributed by atoms with Crippen LogP contribution in [0.3, 0.4) is 0 Å². The predicted octanol–water partition coefficient (Wildman–Crippen LogP) is 4.58. The third-order valence-electron chi connectivity index (χ3n) is 8.47. The molecule has 0 spiro atoms. The standard InChI is InChI=1S/C29H38N4OS.CH4O3S/c1-20(34)31(6)27-28(2,3)23-12-11-21(19-24(23)29(27,4)5)13-14-32-15-17-33(18-16-32)26-22-9-7-8-10-25(22)35-30-26;1-5(2,3)4/h7-12,19,27H,13-18H2,1-6H3;1H3,(H,2,3,4). The average Bonchev–Trinajstić information content (AvgIpc) is 3.36. The van der Waals surface area contributed by atoms with E-state index in [-0.39, 0.29) is 22.8 Å². The number of piperazine rings is 1. The van der Waals surface area contributed by atoms with Gasteiger partial charge in [0.1, 0.15) is 5.82 Å². The van der Waals surface area contributed by atoms with Gasteiger partial charge in [-0.05, 0) is 46.8 Å². The van der Waals surface area contributed by atoms with E-state index in [1.54, 1.807) is 18.5 Å². The van der Waals surface area contributed by atoms with Gasteiger partial charge in [0.2, 0.25) is 5.91 Å². The van der Waals surface area contributed by atoms with Crippen molar-refractivity contribution in [2.45, 2.75) is 57.9 Å². The zero-order chi connectivity index (χ0) is 29.5. The van der Waals surface area contributed by atoms with Gasteiger partial charge in [-0.3, -0.25) is 14.2 Å². The number of likely N-dealkylation sites (N-methyl/N-ethyl adjacent to an activating group) is 1. The van der Waals surface area contributed by atoms with E-state index in [0.29, 0.717) is 6.26 Å². The van der Waals surface area contributed by atoms with Crippen LogP contribution in [0.15, 0.2) is 42.5 Å². The van der Waals surface area contributed by atoms with Gasteiger partial charge in [-0.25, -0.2) is 0 Å². The topological polar surface area (TPSA) is 94.1 Å². The van der Waals surface area contributed by atoms with Crippen LogP contribution < -0.4 is 4.90 Å². The third kappa shape index (κ3) is 6.35. The molecule has 1 aromatic heterocycles. The zero-order valence-corrected chi connectivity index (χ0v) is 26.3. The van der Waals surface area contributed by atoms with Gasteiger partial charge < -0.3 is 9.80 Å². The largest absolute Gasteiger partial charge is 0.353 e. The molecule has 0 radical (unpaired) electrons. The molecule has 8 nitrogen and oxygen atoms in total. The number of fused-ring (bicyclic) bond motifs is 2. The van der Waals surface area contributed by atoms with Gasteiger partial charge in [-0.1, -0.05) is 58.0 Å². The maximum atomic E-state index is 12.3. The predicted molar refractivity (Wildman–Crippen MR) is 164 cm³/mol. The highest BCUT2D eigenvalue weighted by molar-refractivity contribution is 7.85. The molecular formula is C30H42N4O4S2. The number of carbonyl (C=O) groups excluding carboxylic acids is 1. The van der Waals surface area contributed by atoms with E-state index in [1.807, 2.05) is 11.9 Å². The normalized spacial score (nSPS) is 20.1. The fraction of sp³-hybridized carbons (Fsp3) is 0.533. The molecule has 1 atom stereocenters. The van der Waals surface area contributed by atoms with E-state index in [2.05, 4.69) is 80.0 Å². The smallest absolute Gasteiger partial charge is 0.261 e. The van der Waals surface area contributed by atoms with Crippen LogP contribution in [0.2, 0.25) is 0 Å². The zero-order valence-electron chi connectivity index (χ0n) is 24.6. The number of nitrogens with zero attached hydrogens (tertiary/aromatic N) is 4. The number of carbonyl (C=O) groups is 1. The van der Waals surface area contributed by atoms with Crippen LogP contribution in [0.5, 0.6) is 0 Å². The summed E-state index contributed by atoms with van der Waals surface area (Å²) < 4.78 is 31.9. The SMILES string of the molecule is CC(=O)N(C)C1C(C)(C)c2ccc(CCN3CCN(c4nsc5ccccc45)CC3)cc2C1(C)C.CS(=O)(=O)O. The van der Waals surface area contributed by atoms with Crippen molar-refractivity contribution < 1.29 is 17.8 Å². The van der Waals surface area contributed by atoms with Crippen LogP contribution in [-0.2, 0) is 32.2 Å². The molecule has 2 aromatic carbocycles. The van der Waals surface area contributed by atoms with E-state index in [4.69, 9.17) is 8.93 Å². The summed E-state index contributed by atoms with van der Waals surface area (Å²) in [5.41, 5.74) is 4.02. The summed E-state index contributed by atoms with van der Waals surface area (Å²) in [6, 6.07) is 15.7. The Kier molecular flexibility index (Phi) is 8.66. The molecule has 3 aromatic rings. The van der Waals surface area contributed by atoms with E-state index < -0.39 is 10.1 Å². The van der Waals surface area contributed by atoms with Crippen molar-refractivity contribution in [2.24, 2.45) is 0 Å². The molecule has 0 saturated carbocycles. The minimum Gasteiger partial charge on any atom is -0.353 e. The molecule has 1 N–H and O–H groups in total. The Balaban J connectivity index is 0.000000681. The summed E-state index contributed by atoms with van der Waals surface area (Å²) in [5.74, 6) is 1.28. The number of aromatic nitrogens is 1. The lowest BCUT2D eigenvalue weighted by molar-refractivity contribution is -0.132. The van der Waals surface area contributed by atoms with Crippen molar-refractivity contribution in [3.05, 3.63) is 59.2 Å². The number of hydrogen-bond donors (Lipinski definition) is 1. The second-order valence-corrected chi connectivity index (χ2v) is 14.4. The lowest BCUT2D eigenvalue weighted by Crippen LogP contribution is -2.52. The minimum atomic E-state index is -3.67. The average molecular weight is 587 g/mol. The maximum Gasteiger partial charge on any atom is 0.261 e. The van der Waals surface area contributed by atoms with E-state index >= 15 is 0 Å². The van der Waals surface area contributed by atoms with E-state index in [0.717, 1.165) is 45.0 Å². The maximum absolute atomic E-state index is 12.3. The molecule has 5 rings (SSSR count). The van der Waals surface area contributed by atoms with Crippen molar-refractivity contribution >= 4 is 43.5 Å². The summed E-state index contributed by atoms with van der Waals surface area (Å²) in [5, 5.41) is 1.28. The Labute approximate surface area is 242 Å². The first-order valence-corrected chi connectivity index (χ1v) is 16.3. The molecule has 218 valence electrons. The number of anilines is 1. The van der Waals surface area contributed by atoms with Gasteiger partial charge in [0.25, 0.3) is 10.1 Å². The lowest BCUT2D eigenvalue weighted by Gasteiger charge is -2.42. The van der Waals surface area contributed by atoms with Gasteiger partial charge in [-0.2, -0.15) is 12.8 Å². The van der Waals surface area contributed by atoms with Crippen LogP contribution in [0.25, 0.3) is 10.1 Å². The first kappa shape index (κ1) is 30.4. The van der Waals surface area contributed by atoms with Crippen molar-refractivity contribution in [1.29, 1.82) is 0 Å². The van der Waals surface area contributed by atoms with Crippen molar-refractivity contribution in [1.82, 2.24) is 14.2 Å². The van der Waals surface area contributed by atoms with Gasteiger partial charge in [0.15, 0.2) is 0 Å². The Morgan fingerprint density at radius 1 is 1.05 bits per heavy atom. The molecule has 2 aliphatic rings. The number of hydrogen-bond acceptors (Lipinski definition) is 7. The van der Waals surface area contributed by atoms with Gasteiger partial charge in [0, 0.05) is 69.0 Å². The van der Waals surface area contributed by atoms with Crippen LogP contribution in [-0.4, -0.2) is 85.1 Å². The first-order chi connectivity index (χ1) is 18.6. The summed E-state index contributed by atoms with van der Waals surface area (Å²) in [7, 11) is -1.71. The molecule has 1 aliphatic carbocycles. The Bertz CT molecular complexity index is 1470. The minimum absolute atomic E-state index is 0.0754. The fourth-order valence-electron chi connectivity index (χ4n) is 6.76. The van der Waals surface area contributed by atoms with E-state index in [9.17, 15) is 13.2 Å². The van der Waals surface area contributed by atoms with Crippen molar-refractivity contribution in [2.75, 3.05) is 50.9 Å². The molecule has 1 saturated heterocycles. The number of amides is 1. The molecule has 0 bridgehead atoms. The molecule has 1 fully saturated rings. The molecule has 1 amide bonds. The molecule has 40 heavy (non-hydrogen) atoms. The Hall–Kier alpha value is -2.53. The molecular weight excluding hydrogens is 544 g/mol. The van der Waals surface area contributed by atoms with Gasteiger partial charge in [-0.15, -0.1) is 0 Å². The quantitative estimate of drug-likeness (QED) is 0.438. The van der Waals surface area contributed by atoms with Gasteiger partial charge in [0.05, 0.1) is 11.0 Å². The fourth-order valence-corrected chi connectivity index (χ4v) is 7.56. The highest BCUT2D eigenvalue weighted by Gasteiger charge is 2.53. The summed E-state index contributed by atoms with van der Waals surface area (Å²) in [4.78, 5) is 19.3. The van der Waals surface area contributed by atoms with Gasteiger partial charge >= 0.3 is 0 Å². The highest BCUT2D eigenvalue weighted by Crippen LogP contribution is 2.51. The molecule has 10 heteroatoms. The van der Waals surface area contributed by atoms with Crippen LogP contribution in [0.4, 0.5) is 5.82 Å². The number of rotatable bonds is 5. The van der Waals surface area contributed by atoms with Crippen LogP contribution in [0.1, 0.15) is 51.3 Å². The third-order valence-corrected chi connectivity index (χ3v) is 9.29. The van der Waals surface area contributed by atoms with E-state index in [1.165, 1.54) is 26.8 Å². The Morgan fingerprint density at radius 2 is 1.65 bits per heavy atom. The highest BCUT2D eigenvalue weighted by atomic mass is 32.2. The molecule has 2 heterocycles. The van der Waals surface area contributed by atoms with Crippen molar-refractivity contribution in [3.63, 3.8) is 0 Å². The second-order valence-electron chi connectivity index (χ2n) is 12.2. The van der Waals surface area contributed by atoms with Crippen LogP contribution in [0, 0.1) is 0 Å². The number of benzene rings is 2. The summed E-state index contributed by atoms with van der Waals surface area (Å²) in [6.45, 7) is 16.1. The molecule has 1 aliphatic heterocycles.